The summed E-state index contributed by atoms with van der Waals surface area (Å²) in [5.41, 5.74) is 0.538. The number of carbonyl (C=O) groups excluding carboxylic acids is 2. The van der Waals surface area contributed by atoms with Crippen LogP contribution in [0.15, 0.2) is 22.7 Å². The van der Waals surface area contributed by atoms with Gasteiger partial charge in [0, 0.05) is 4.47 Å². The van der Waals surface area contributed by atoms with Gasteiger partial charge in [0.1, 0.15) is 0 Å². The summed E-state index contributed by atoms with van der Waals surface area (Å²) < 4.78 is 0.442. The highest BCUT2D eigenvalue weighted by Crippen LogP contribution is 2.45. The highest BCUT2D eigenvalue weighted by atomic mass is 79.9. The van der Waals surface area contributed by atoms with Gasteiger partial charge in [-0.3, -0.25) is 9.59 Å². The number of rotatable bonds is 2. The third-order valence-corrected chi connectivity index (χ3v) is 4.94. The second-order valence-corrected chi connectivity index (χ2v) is 6.63. The Morgan fingerprint density at radius 3 is 2.29 bits per heavy atom. The molecule has 2 fully saturated rings. The molecule has 1 heterocycles. The summed E-state index contributed by atoms with van der Waals surface area (Å²) in [6, 6.07) is 4.32. The molecule has 1 saturated heterocycles. The second kappa shape index (κ2) is 4.94. The van der Waals surface area contributed by atoms with Crippen molar-refractivity contribution < 1.29 is 19.5 Å². The summed E-state index contributed by atoms with van der Waals surface area (Å²) in [5.74, 6) is -1.44. The van der Waals surface area contributed by atoms with Gasteiger partial charge in [-0.25, -0.2) is 9.69 Å². The molecule has 0 bridgehead atoms. The van der Waals surface area contributed by atoms with Gasteiger partial charge in [-0.1, -0.05) is 6.92 Å². The minimum absolute atomic E-state index is 0.110. The number of carbonyl (C=O) groups is 3. The van der Waals surface area contributed by atoms with Crippen LogP contribution in [0.25, 0.3) is 0 Å². The minimum Gasteiger partial charge on any atom is -0.478 e. The lowest BCUT2D eigenvalue weighted by Crippen LogP contribution is -2.32. The van der Waals surface area contributed by atoms with Crippen LogP contribution < -0.4 is 4.90 Å². The molecule has 2 unspecified atom stereocenters. The van der Waals surface area contributed by atoms with Gasteiger partial charge in [0.2, 0.25) is 11.8 Å². The van der Waals surface area contributed by atoms with Crippen molar-refractivity contribution in [2.45, 2.75) is 19.8 Å². The summed E-state index contributed by atoms with van der Waals surface area (Å²) in [6.45, 7) is 2.06. The molecule has 1 aliphatic heterocycles. The van der Waals surface area contributed by atoms with Crippen LogP contribution in [0.4, 0.5) is 5.69 Å². The molecule has 6 heteroatoms. The Labute approximate surface area is 130 Å². The molecule has 3 rings (SSSR count). The first-order valence-corrected chi connectivity index (χ1v) is 7.60. The number of hydrogen-bond donors (Lipinski definition) is 1. The van der Waals surface area contributed by atoms with Crippen molar-refractivity contribution in [2.75, 3.05) is 4.90 Å². The van der Waals surface area contributed by atoms with E-state index in [1.807, 2.05) is 0 Å². The summed E-state index contributed by atoms with van der Waals surface area (Å²) in [5, 5.41) is 8.96. The molecular weight excluding hydrogens is 338 g/mol. The number of anilines is 1. The van der Waals surface area contributed by atoms with Crippen LogP contribution in [0.3, 0.4) is 0 Å². The summed E-state index contributed by atoms with van der Waals surface area (Å²) in [4.78, 5) is 37.1. The van der Waals surface area contributed by atoms with E-state index >= 15 is 0 Å². The largest absolute Gasteiger partial charge is 0.478 e. The van der Waals surface area contributed by atoms with E-state index in [9.17, 15) is 14.4 Å². The lowest BCUT2D eigenvalue weighted by Gasteiger charge is -2.18. The first-order chi connectivity index (χ1) is 9.90. The number of fused-ring (bicyclic) bond motifs is 1. The fourth-order valence-electron chi connectivity index (χ4n) is 3.34. The topological polar surface area (TPSA) is 74.7 Å². The maximum atomic E-state index is 12.5. The van der Waals surface area contributed by atoms with Crippen LogP contribution >= 0.6 is 15.9 Å². The van der Waals surface area contributed by atoms with Crippen molar-refractivity contribution >= 4 is 39.4 Å². The first kappa shape index (κ1) is 14.3. The minimum atomic E-state index is -1.05. The van der Waals surface area contributed by atoms with Gasteiger partial charge in [0.05, 0.1) is 23.1 Å². The summed E-state index contributed by atoms with van der Waals surface area (Å²) in [7, 11) is 0. The number of aromatic carboxylic acids is 1. The van der Waals surface area contributed by atoms with Crippen LogP contribution in [-0.4, -0.2) is 22.9 Å². The predicted octanol–water partition coefficient (Wildman–Crippen LogP) is 2.68. The zero-order valence-electron chi connectivity index (χ0n) is 11.4. The van der Waals surface area contributed by atoms with Crippen LogP contribution in [0.5, 0.6) is 0 Å². The van der Waals surface area contributed by atoms with E-state index in [4.69, 9.17) is 5.11 Å². The molecule has 0 radical (unpaired) electrons. The molecule has 5 nitrogen and oxygen atoms in total. The average molecular weight is 352 g/mol. The number of carboxylic acids is 1. The Hall–Kier alpha value is -1.69. The van der Waals surface area contributed by atoms with Crippen molar-refractivity contribution in [1.82, 2.24) is 0 Å². The van der Waals surface area contributed by atoms with Crippen molar-refractivity contribution in [1.29, 1.82) is 0 Å². The molecule has 0 aromatic heterocycles. The Balaban J connectivity index is 1.97. The highest BCUT2D eigenvalue weighted by molar-refractivity contribution is 9.10. The number of hydrogen-bond acceptors (Lipinski definition) is 3. The molecular formula is C15H14BrNO4. The number of nitrogens with zero attached hydrogens (tertiary/aromatic N) is 1. The van der Waals surface area contributed by atoms with E-state index in [-0.39, 0.29) is 29.2 Å². The maximum absolute atomic E-state index is 12.5. The molecule has 2 amide bonds. The second-order valence-electron chi connectivity index (χ2n) is 5.77. The molecule has 1 aromatic rings. The van der Waals surface area contributed by atoms with Gasteiger partial charge in [-0.2, -0.15) is 0 Å². The Morgan fingerprint density at radius 1 is 1.24 bits per heavy atom. The van der Waals surface area contributed by atoms with Crippen LogP contribution in [-0.2, 0) is 9.59 Å². The predicted molar refractivity (Wildman–Crippen MR) is 79.0 cm³/mol. The molecule has 21 heavy (non-hydrogen) atoms. The zero-order valence-corrected chi connectivity index (χ0v) is 13.0. The average Bonchev–Trinajstić information content (AvgIpc) is 2.90. The van der Waals surface area contributed by atoms with Crippen LogP contribution in [0, 0.1) is 17.8 Å². The van der Waals surface area contributed by atoms with Crippen molar-refractivity contribution in [2.24, 2.45) is 17.8 Å². The van der Waals surface area contributed by atoms with Gasteiger partial charge in [-0.15, -0.1) is 0 Å². The molecule has 0 spiro atoms. The standard InChI is InChI=1S/C15H14BrNO4/c1-7-4-9-10(5-7)14(19)17(13(9)18)12-3-2-8(15(20)21)6-11(12)16/h2-3,6-7,9-10H,4-5H2,1H3,(H,20,21). The SMILES string of the molecule is CC1CC2C(=O)N(c3ccc(C(=O)O)cc3Br)C(=O)C2C1. The molecule has 1 N–H and O–H groups in total. The van der Waals surface area contributed by atoms with E-state index in [0.717, 1.165) is 12.8 Å². The van der Waals surface area contributed by atoms with Gasteiger partial charge in [0.25, 0.3) is 0 Å². The van der Waals surface area contributed by atoms with E-state index in [1.165, 1.54) is 23.1 Å². The van der Waals surface area contributed by atoms with E-state index in [0.29, 0.717) is 16.1 Å². The monoisotopic (exact) mass is 351 g/mol. The number of carboxylic acid groups (broad SMARTS) is 1. The van der Waals surface area contributed by atoms with Crippen molar-refractivity contribution in [3.8, 4) is 0 Å². The fourth-order valence-corrected chi connectivity index (χ4v) is 3.89. The van der Waals surface area contributed by atoms with Crippen LogP contribution in [0.1, 0.15) is 30.1 Å². The normalized spacial score (nSPS) is 28.1. The molecule has 1 saturated carbocycles. The lowest BCUT2D eigenvalue weighted by atomic mass is 10.00. The van der Waals surface area contributed by atoms with Crippen molar-refractivity contribution in [3.63, 3.8) is 0 Å². The Bertz CT molecular complexity index is 633. The lowest BCUT2D eigenvalue weighted by molar-refractivity contribution is -0.123. The Morgan fingerprint density at radius 2 is 1.81 bits per heavy atom. The number of benzene rings is 1. The van der Waals surface area contributed by atoms with Gasteiger partial charge >= 0.3 is 5.97 Å². The van der Waals surface area contributed by atoms with Gasteiger partial charge in [-0.05, 0) is 52.9 Å². The summed E-state index contributed by atoms with van der Waals surface area (Å²) in [6.07, 6.45) is 1.49. The quantitative estimate of drug-likeness (QED) is 0.831. The van der Waals surface area contributed by atoms with Crippen molar-refractivity contribution in [3.05, 3.63) is 28.2 Å². The molecule has 1 aromatic carbocycles. The third kappa shape index (κ3) is 2.18. The van der Waals surface area contributed by atoms with E-state index in [2.05, 4.69) is 22.9 Å². The molecule has 1 aliphatic carbocycles. The number of halogens is 1. The highest BCUT2D eigenvalue weighted by Gasteiger charge is 2.52. The van der Waals surface area contributed by atoms with E-state index in [1.54, 1.807) is 0 Å². The third-order valence-electron chi connectivity index (χ3n) is 4.31. The fraction of sp³-hybridized carbons (Fsp3) is 0.400. The smallest absolute Gasteiger partial charge is 0.335 e. The molecule has 110 valence electrons. The van der Waals surface area contributed by atoms with Crippen LogP contribution in [0.2, 0.25) is 0 Å². The summed E-state index contributed by atoms with van der Waals surface area (Å²) >= 11 is 3.26. The number of imide groups is 1. The first-order valence-electron chi connectivity index (χ1n) is 6.80. The number of amides is 2. The molecule has 2 aliphatic rings. The van der Waals surface area contributed by atoms with Gasteiger partial charge in [0.15, 0.2) is 0 Å². The van der Waals surface area contributed by atoms with Gasteiger partial charge < -0.3 is 5.11 Å². The molecule has 2 atom stereocenters. The Kier molecular flexibility index (Phi) is 3.36. The zero-order chi connectivity index (χ0) is 15.3. The maximum Gasteiger partial charge on any atom is 0.335 e. The van der Waals surface area contributed by atoms with E-state index < -0.39 is 5.97 Å².